The quantitative estimate of drug-likeness (QED) is 0.612. The fraction of sp³-hybridized carbons (Fsp3) is 0.533. The average molecular weight is 489 g/mol. The van der Waals surface area contributed by atoms with Crippen molar-refractivity contribution in [2.24, 2.45) is 34.5 Å². The molecule has 0 bridgehead atoms. The average Bonchev–Trinajstić information content (AvgIpc) is 3.34. The molecule has 3 N–H and O–H groups in total. The minimum atomic E-state index is -1.63. The molecule has 0 spiro atoms. The van der Waals surface area contributed by atoms with Gasteiger partial charge in [0.2, 0.25) is 0 Å². The van der Waals surface area contributed by atoms with Crippen LogP contribution in [0, 0.1) is 34.5 Å². The molecular formula is C30H36N2O4. The van der Waals surface area contributed by atoms with Gasteiger partial charge < -0.3 is 15.3 Å². The highest BCUT2D eigenvalue weighted by Crippen LogP contribution is 2.68. The van der Waals surface area contributed by atoms with Crippen LogP contribution in [0.1, 0.15) is 51.8 Å². The van der Waals surface area contributed by atoms with E-state index in [0.29, 0.717) is 12.8 Å². The van der Waals surface area contributed by atoms with Crippen LogP contribution in [0.25, 0.3) is 11.8 Å². The van der Waals surface area contributed by atoms with Crippen LogP contribution < -0.4 is 0 Å². The van der Waals surface area contributed by atoms with Crippen molar-refractivity contribution >= 4 is 11.9 Å². The molecule has 6 rings (SSSR count). The summed E-state index contributed by atoms with van der Waals surface area (Å²) in [5, 5.41) is 37.9. The van der Waals surface area contributed by atoms with Crippen molar-refractivity contribution in [1.29, 1.82) is 0 Å². The number of para-hydroxylation sites is 1. The molecule has 1 aromatic carbocycles. The van der Waals surface area contributed by atoms with E-state index < -0.39 is 29.5 Å². The van der Waals surface area contributed by atoms with Crippen LogP contribution in [0.15, 0.2) is 53.8 Å². The van der Waals surface area contributed by atoms with E-state index in [1.165, 1.54) is 16.7 Å². The zero-order chi connectivity index (χ0) is 25.6. The first-order valence-corrected chi connectivity index (χ1v) is 13.1. The molecule has 0 radical (unpaired) electrons. The van der Waals surface area contributed by atoms with Gasteiger partial charge in [-0.25, -0.2) is 4.68 Å². The highest BCUT2D eigenvalue weighted by Gasteiger charge is 2.70. The van der Waals surface area contributed by atoms with Crippen molar-refractivity contribution < 1.29 is 20.1 Å². The summed E-state index contributed by atoms with van der Waals surface area (Å²) in [5.74, 6) is -0.751. The summed E-state index contributed by atoms with van der Waals surface area (Å²) < 4.78 is 1.99. The third-order valence-electron chi connectivity index (χ3n) is 10.4. The molecule has 1 aromatic heterocycles. The minimum Gasteiger partial charge on any atom is -0.393 e. The molecule has 1 heterocycles. The fourth-order valence-electron chi connectivity index (χ4n) is 8.89. The molecule has 4 aliphatic rings. The number of hydrogen-bond donors (Lipinski definition) is 3. The van der Waals surface area contributed by atoms with Gasteiger partial charge in [0.25, 0.3) is 0 Å². The number of fused-ring (bicyclic) bond motifs is 6. The molecule has 6 heteroatoms. The van der Waals surface area contributed by atoms with E-state index in [4.69, 9.17) is 5.10 Å². The number of ketones is 1. The number of Topliss-reactive ketones (excluding diaryl/α,β-unsaturated/α-hetero) is 1. The number of aromatic nitrogens is 2. The Bertz CT molecular complexity index is 1300. The molecule has 8 atom stereocenters. The number of hydrogen-bond acceptors (Lipinski definition) is 5. The van der Waals surface area contributed by atoms with Crippen molar-refractivity contribution in [3.8, 4) is 5.69 Å². The molecule has 2 saturated carbocycles. The lowest BCUT2D eigenvalue weighted by molar-refractivity contribution is -0.179. The lowest BCUT2D eigenvalue weighted by atomic mass is 9.46. The Hall–Kier alpha value is -2.54. The van der Waals surface area contributed by atoms with E-state index in [-0.39, 0.29) is 29.1 Å². The monoisotopic (exact) mass is 488 g/mol. The Morgan fingerprint density at radius 2 is 1.94 bits per heavy atom. The maximum Gasteiger partial charge on any atom is 0.190 e. The second kappa shape index (κ2) is 7.73. The Kier molecular flexibility index (Phi) is 5.12. The Morgan fingerprint density at radius 1 is 1.22 bits per heavy atom. The molecule has 36 heavy (non-hydrogen) atoms. The Balaban J connectivity index is 1.46. The maximum atomic E-state index is 12.9. The van der Waals surface area contributed by atoms with Crippen LogP contribution in [0.3, 0.4) is 0 Å². The Morgan fingerprint density at radius 3 is 2.64 bits per heavy atom. The molecule has 0 aliphatic heterocycles. The molecule has 2 fully saturated rings. The molecule has 6 nitrogen and oxygen atoms in total. The van der Waals surface area contributed by atoms with Crippen LogP contribution in [-0.2, 0) is 11.2 Å². The van der Waals surface area contributed by atoms with E-state index >= 15 is 0 Å². The van der Waals surface area contributed by atoms with E-state index in [1.807, 2.05) is 42.9 Å². The second-order valence-electron chi connectivity index (χ2n) is 12.2. The first-order valence-electron chi connectivity index (χ1n) is 13.1. The van der Waals surface area contributed by atoms with Crippen molar-refractivity contribution in [3.63, 3.8) is 0 Å². The first-order chi connectivity index (χ1) is 17.1. The van der Waals surface area contributed by atoms with Crippen molar-refractivity contribution in [1.82, 2.24) is 9.78 Å². The summed E-state index contributed by atoms with van der Waals surface area (Å²) in [5.41, 5.74) is 3.01. The SMILES string of the molecule is CC1=C[C@@H]2[C@H]([C@@H](O)C[C@@]3(C)[C@H]2C[C@@H](C)[C@]3(O)C(=O)CO)[C@@]2(C)Cc3cnn(-c4ccccc4)c3C=C12. The van der Waals surface area contributed by atoms with E-state index in [9.17, 15) is 20.1 Å². The zero-order valence-electron chi connectivity index (χ0n) is 21.5. The van der Waals surface area contributed by atoms with E-state index in [1.54, 1.807) is 0 Å². The van der Waals surface area contributed by atoms with Gasteiger partial charge >= 0.3 is 0 Å². The summed E-state index contributed by atoms with van der Waals surface area (Å²) in [6, 6.07) is 10.1. The van der Waals surface area contributed by atoms with Crippen LogP contribution in [0.4, 0.5) is 0 Å². The largest absolute Gasteiger partial charge is 0.393 e. The Labute approximate surface area is 212 Å². The van der Waals surface area contributed by atoms with Crippen LogP contribution in [0.2, 0.25) is 0 Å². The number of carbonyl (C=O) groups is 1. The van der Waals surface area contributed by atoms with E-state index in [0.717, 1.165) is 17.8 Å². The summed E-state index contributed by atoms with van der Waals surface area (Å²) in [6.45, 7) is 7.60. The molecular weight excluding hydrogens is 452 g/mol. The topological polar surface area (TPSA) is 95.6 Å². The fourth-order valence-corrected chi connectivity index (χ4v) is 8.89. The molecule has 0 amide bonds. The maximum absolute atomic E-state index is 12.9. The number of aliphatic hydroxyl groups is 3. The molecule has 0 saturated heterocycles. The molecule has 2 aromatic rings. The van der Waals surface area contributed by atoms with Gasteiger partial charge in [-0.2, -0.15) is 5.10 Å². The molecule has 4 aliphatic carbocycles. The molecule has 0 unspecified atom stereocenters. The second-order valence-corrected chi connectivity index (χ2v) is 12.2. The van der Waals surface area contributed by atoms with Crippen molar-refractivity contribution in [3.05, 3.63) is 65.0 Å². The minimum absolute atomic E-state index is 0.0301. The summed E-state index contributed by atoms with van der Waals surface area (Å²) in [7, 11) is 0. The van der Waals surface area contributed by atoms with Crippen molar-refractivity contribution in [2.75, 3.05) is 6.61 Å². The number of carbonyl (C=O) groups excluding carboxylic acids is 1. The summed E-state index contributed by atoms with van der Waals surface area (Å²) in [6.07, 6.45) is 7.65. The predicted molar refractivity (Wildman–Crippen MR) is 137 cm³/mol. The smallest absolute Gasteiger partial charge is 0.190 e. The van der Waals surface area contributed by atoms with Gasteiger partial charge in [-0.3, -0.25) is 4.79 Å². The van der Waals surface area contributed by atoms with Gasteiger partial charge in [0.15, 0.2) is 5.78 Å². The van der Waals surface area contributed by atoms with Gasteiger partial charge in [0.1, 0.15) is 12.2 Å². The standard InChI is InChI=1S/C30H36N2O4/c1-17-10-21-23-11-18(2)30(36,26(35)16-33)29(23,4)14-25(34)27(21)28(3)13-19-15-31-32(24(19)12-22(17)28)20-8-6-5-7-9-20/h5-10,12,15,18,21,23,25,27,33-34,36H,11,13-14,16H2,1-4H3/t18-,21+,23+,25+,27-,28+,29+,30+/m1/s1. The number of rotatable bonds is 3. The number of benzene rings is 1. The zero-order valence-corrected chi connectivity index (χ0v) is 21.5. The number of allylic oxidation sites excluding steroid dienone is 3. The highest BCUT2D eigenvalue weighted by atomic mass is 16.3. The van der Waals surface area contributed by atoms with Gasteiger partial charge in [0.05, 0.1) is 23.7 Å². The number of nitrogens with zero attached hydrogens (tertiary/aromatic N) is 2. The van der Waals surface area contributed by atoms with E-state index in [2.05, 4.69) is 38.1 Å². The van der Waals surface area contributed by atoms with Gasteiger partial charge in [-0.05, 0) is 73.3 Å². The normalized spacial score (nSPS) is 40.9. The first kappa shape index (κ1) is 23.8. The van der Waals surface area contributed by atoms with Crippen LogP contribution in [-0.4, -0.2) is 49.2 Å². The van der Waals surface area contributed by atoms with Gasteiger partial charge in [-0.1, -0.05) is 50.6 Å². The summed E-state index contributed by atoms with van der Waals surface area (Å²) >= 11 is 0. The lowest BCUT2D eigenvalue weighted by Gasteiger charge is -2.59. The third-order valence-corrected chi connectivity index (χ3v) is 10.4. The highest BCUT2D eigenvalue weighted by molar-refractivity contribution is 5.90. The van der Waals surface area contributed by atoms with Crippen LogP contribution >= 0.6 is 0 Å². The van der Waals surface area contributed by atoms with Gasteiger partial charge in [0, 0.05) is 16.7 Å². The lowest BCUT2D eigenvalue weighted by Crippen LogP contribution is -2.62. The third kappa shape index (κ3) is 2.84. The van der Waals surface area contributed by atoms with Crippen molar-refractivity contribution in [2.45, 2.75) is 58.7 Å². The summed E-state index contributed by atoms with van der Waals surface area (Å²) in [4.78, 5) is 12.9. The predicted octanol–water partition coefficient (Wildman–Crippen LogP) is 3.73. The van der Waals surface area contributed by atoms with Gasteiger partial charge in [-0.15, -0.1) is 0 Å². The van der Waals surface area contributed by atoms with Crippen LogP contribution in [0.5, 0.6) is 0 Å². The molecule has 190 valence electrons. The number of aliphatic hydroxyl groups excluding tert-OH is 2.